The average Bonchev–Trinajstić information content (AvgIpc) is 2.48. The van der Waals surface area contributed by atoms with Crippen molar-refractivity contribution in [2.24, 2.45) is 5.14 Å². The van der Waals surface area contributed by atoms with Gasteiger partial charge < -0.3 is 10.2 Å². The molecule has 1 aromatic carbocycles. The number of hydrogen-bond donors (Lipinski definition) is 2. The third kappa shape index (κ3) is 5.80. The summed E-state index contributed by atoms with van der Waals surface area (Å²) in [6, 6.07) is 5.46. The maximum Gasteiger partial charge on any atom is 0.317 e. The second-order valence-electron chi connectivity index (χ2n) is 5.78. The maximum absolute atomic E-state index is 12.8. The van der Waals surface area contributed by atoms with E-state index in [2.05, 4.69) is 5.32 Å². The fourth-order valence-electron chi connectivity index (χ4n) is 2.78. The first kappa shape index (κ1) is 17.7. The van der Waals surface area contributed by atoms with E-state index in [0.29, 0.717) is 25.9 Å². The van der Waals surface area contributed by atoms with E-state index >= 15 is 0 Å². The van der Waals surface area contributed by atoms with E-state index in [0.717, 1.165) is 18.4 Å². The van der Waals surface area contributed by atoms with Crippen molar-refractivity contribution in [3.63, 3.8) is 0 Å². The first-order chi connectivity index (χ1) is 10.8. The molecule has 0 bridgehead atoms. The van der Waals surface area contributed by atoms with Gasteiger partial charge in [0.1, 0.15) is 5.82 Å². The Labute approximate surface area is 135 Å². The zero-order valence-electron chi connectivity index (χ0n) is 12.9. The molecule has 1 heterocycles. The highest BCUT2D eigenvalue weighted by molar-refractivity contribution is 7.89. The van der Waals surface area contributed by atoms with Gasteiger partial charge in [0, 0.05) is 19.1 Å². The van der Waals surface area contributed by atoms with E-state index in [1.54, 1.807) is 17.0 Å². The lowest BCUT2D eigenvalue weighted by Gasteiger charge is -2.35. The van der Waals surface area contributed by atoms with Gasteiger partial charge in [0.15, 0.2) is 0 Å². The van der Waals surface area contributed by atoms with Crippen molar-refractivity contribution in [1.82, 2.24) is 10.2 Å². The van der Waals surface area contributed by atoms with Gasteiger partial charge in [-0.05, 0) is 43.4 Å². The lowest BCUT2D eigenvalue weighted by atomic mass is 10.0. The topological polar surface area (TPSA) is 92.5 Å². The van der Waals surface area contributed by atoms with E-state index in [9.17, 15) is 17.6 Å². The number of carbonyl (C=O) groups excluding carboxylic acids is 1. The highest BCUT2D eigenvalue weighted by Gasteiger charge is 2.29. The van der Waals surface area contributed by atoms with Crippen LogP contribution in [0.4, 0.5) is 9.18 Å². The Morgan fingerprint density at radius 3 is 2.65 bits per heavy atom. The van der Waals surface area contributed by atoms with Crippen LogP contribution in [0.5, 0.6) is 0 Å². The largest absolute Gasteiger partial charge is 0.338 e. The predicted molar refractivity (Wildman–Crippen MR) is 85.8 cm³/mol. The number of halogens is 1. The van der Waals surface area contributed by atoms with E-state index in [4.69, 9.17) is 5.14 Å². The van der Waals surface area contributed by atoms with Crippen molar-refractivity contribution in [2.45, 2.75) is 31.7 Å². The molecule has 1 aliphatic heterocycles. The Morgan fingerprint density at radius 2 is 2.00 bits per heavy atom. The summed E-state index contributed by atoms with van der Waals surface area (Å²) in [4.78, 5) is 13.8. The number of carbonyl (C=O) groups is 1. The number of primary sulfonamides is 1. The number of nitrogens with zero attached hydrogens (tertiary/aromatic N) is 1. The van der Waals surface area contributed by atoms with Gasteiger partial charge in [0.05, 0.1) is 5.75 Å². The molecular formula is C15H22FN3O3S. The summed E-state index contributed by atoms with van der Waals surface area (Å²) < 4.78 is 35.4. The third-order valence-electron chi connectivity index (χ3n) is 3.92. The Bertz CT molecular complexity index is 634. The number of piperidine rings is 1. The van der Waals surface area contributed by atoms with Gasteiger partial charge in [0.25, 0.3) is 0 Å². The molecule has 1 unspecified atom stereocenters. The standard InChI is InChI=1S/C15H22FN3O3S/c16-13-6-4-12(5-7-13)8-9-18-15(20)19-10-2-1-3-14(19)11-23(17,21)22/h4-7,14H,1-3,8-11H2,(H,18,20)(H2,17,21,22). The highest BCUT2D eigenvalue weighted by Crippen LogP contribution is 2.18. The minimum absolute atomic E-state index is 0.210. The maximum atomic E-state index is 12.8. The first-order valence-corrected chi connectivity index (χ1v) is 9.36. The monoisotopic (exact) mass is 343 g/mol. The summed E-state index contributed by atoms with van der Waals surface area (Å²) in [5.74, 6) is -0.504. The summed E-state index contributed by atoms with van der Waals surface area (Å²) in [7, 11) is -3.61. The van der Waals surface area contributed by atoms with Gasteiger partial charge in [-0.25, -0.2) is 22.7 Å². The number of likely N-dealkylation sites (tertiary alicyclic amines) is 1. The third-order valence-corrected chi connectivity index (χ3v) is 4.77. The molecule has 2 rings (SSSR count). The fraction of sp³-hybridized carbons (Fsp3) is 0.533. The summed E-state index contributed by atoms with van der Waals surface area (Å²) in [5.41, 5.74) is 0.923. The van der Waals surface area contributed by atoms with Crippen LogP contribution < -0.4 is 10.5 Å². The molecule has 0 aromatic heterocycles. The van der Waals surface area contributed by atoms with Crippen LogP contribution in [0.1, 0.15) is 24.8 Å². The number of rotatable bonds is 5. The quantitative estimate of drug-likeness (QED) is 0.842. The van der Waals surface area contributed by atoms with Crippen molar-refractivity contribution in [1.29, 1.82) is 0 Å². The zero-order chi connectivity index (χ0) is 16.9. The number of benzene rings is 1. The van der Waals surface area contributed by atoms with Crippen LogP contribution in [0.15, 0.2) is 24.3 Å². The van der Waals surface area contributed by atoms with Crippen molar-refractivity contribution in [2.75, 3.05) is 18.8 Å². The SMILES string of the molecule is NS(=O)(=O)CC1CCCCN1C(=O)NCCc1ccc(F)cc1. The molecule has 1 fully saturated rings. The summed E-state index contributed by atoms with van der Waals surface area (Å²) in [5, 5.41) is 7.89. The van der Waals surface area contributed by atoms with Gasteiger partial charge >= 0.3 is 6.03 Å². The molecule has 2 amide bonds. The molecule has 1 saturated heterocycles. The normalized spacial score (nSPS) is 18.7. The van der Waals surface area contributed by atoms with E-state index in [1.807, 2.05) is 0 Å². The van der Waals surface area contributed by atoms with Crippen LogP contribution in [0.3, 0.4) is 0 Å². The number of sulfonamides is 1. The number of nitrogens with one attached hydrogen (secondary N) is 1. The Kier molecular flexibility index (Phi) is 5.95. The van der Waals surface area contributed by atoms with E-state index in [-0.39, 0.29) is 23.6 Å². The number of hydrogen-bond acceptors (Lipinski definition) is 3. The van der Waals surface area contributed by atoms with Crippen LogP contribution in [0.25, 0.3) is 0 Å². The smallest absolute Gasteiger partial charge is 0.317 e. The highest BCUT2D eigenvalue weighted by atomic mass is 32.2. The molecule has 1 aromatic rings. The molecular weight excluding hydrogens is 321 g/mol. The summed E-state index contributed by atoms with van der Waals surface area (Å²) in [6.07, 6.45) is 2.97. The first-order valence-electron chi connectivity index (χ1n) is 7.64. The molecule has 1 atom stereocenters. The molecule has 1 aliphatic rings. The molecule has 23 heavy (non-hydrogen) atoms. The number of urea groups is 1. The number of amides is 2. The minimum atomic E-state index is -3.61. The van der Waals surface area contributed by atoms with Crippen LogP contribution >= 0.6 is 0 Å². The lowest BCUT2D eigenvalue weighted by molar-refractivity contribution is 0.159. The molecule has 0 radical (unpaired) electrons. The van der Waals surface area contributed by atoms with E-state index < -0.39 is 10.0 Å². The van der Waals surface area contributed by atoms with Gasteiger partial charge in [-0.1, -0.05) is 12.1 Å². The number of nitrogens with two attached hydrogens (primary N) is 1. The van der Waals surface area contributed by atoms with Crippen LogP contribution in [-0.4, -0.2) is 44.2 Å². The molecule has 0 saturated carbocycles. The van der Waals surface area contributed by atoms with Crippen LogP contribution in [0.2, 0.25) is 0 Å². The molecule has 0 aliphatic carbocycles. The molecule has 128 valence electrons. The van der Waals surface area contributed by atoms with Gasteiger partial charge in [-0.2, -0.15) is 0 Å². The lowest BCUT2D eigenvalue weighted by Crippen LogP contribution is -2.52. The van der Waals surface area contributed by atoms with Crippen molar-refractivity contribution in [3.05, 3.63) is 35.6 Å². The van der Waals surface area contributed by atoms with Crippen LogP contribution in [-0.2, 0) is 16.4 Å². The van der Waals surface area contributed by atoms with Gasteiger partial charge in [0.2, 0.25) is 10.0 Å². The zero-order valence-corrected chi connectivity index (χ0v) is 13.7. The van der Waals surface area contributed by atoms with Gasteiger partial charge in [-0.3, -0.25) is 0 Å². The van der Waals surface area contributed by atoms with Crippen molar-refractivity contribution in [3.8, 4) is 0 Å². The van der Waals surface area contributed by atoms with Crippen molar-refractivity contribution < 1.29 is 17.6 Å². The van der Waals surface area contributed by atoms with Crippen molar-refractivity contribution >= 4 is 16.1 Å². The minimum Gasteiger partial charge on any atom is -0.338 e. The summed E-state index contributed by atoms with van der Waals surface area (Å²) in [6.45, 7) is 0.936. The molecule has 6 nitrogen and oxygen atoms in total. The Hall–Kier alpha value is -1.67. The average molecular weight is 343 g/mol. The predicted octanol–water partition coefficient (Wildman–Crippen LogP) is 1.22. The Balaban J connectivity index is 1.86. The molecule has 3 N–H and O–H groups in total. The summed E-state index contributed by atoms with van der Waals surface area (Å²) >= 11 is 0. The van der Waals surface area contributed by atoms with Crippen LogP contribution in [0, 0.1) is 5.82 Å². The van der Waals surface area contributed by atoms with Gasteiger partial charge in [-0.15, -0.1) is 0 Å². The Morgan fingerprint density at radius 1 is 1.30 bits per heavy atom. The fourth-order valence-corrected chi connectivity index (χ4v) is 3.66. The second kappa shape index (κ2) is 7.74. The second-order valence-corrected chi connectivity index (χ2v) is 7.44. The molecule has 0 spiro atoms. The molecule has 8 heteroatoms. The van der Waals surface area contributed by atoms with E-state index in [1.165, 1.54) is 12.1 Å².